The third kappa shape index (κ3) is 6.92. The maximum Gasteiger partial charge on any atom is 0.303 e. The Bertz CT molecular complexity index is 807. The van der Waals surface area contributed by atoms with Crippen LogP contribution in [0.1, 0.15) is 80.1 Å². The van der Waals surface area contributed by atoms with Gasteiger partial charge in [-0.15, -0.1) is 0 Å². The molecule has 7 nitrogen and oxygen atoms in total. The molecule has 3 unspecified atom stereocenters. The van der Waals surface area contributed by atoms with Crippen molar-refractivity contribution in [1.29, 1.82) is 0 Å². The van der Waals surface area contributed by atoms with Crippen LogP contribution in [0.2, 0.25) is 0 Å². The fraction of sp³-hybridized carbons (Fsp3) is 0.731. The highest BCUT2D eigenvalue weighted by Gasteiger charge is 2.50. The molecule has 0 spiro atoms. The molecule has 0 heterocycles. The van der Waals surface area contributed by atoms with E-state index in [9.17, 15) is 19.5 Å². The molecule has 0 saturated heterocycles. The summed E-state index contributed by atoms with van der Waals surface area (Å²) in [5, 5.41) is 10.1. The molecule has 7 heteroatoms. The van der Waals surface area contributed by atoms with Crippen LogP contribution < -0.4 is 0 Å². The van der Waals surface area contributed by atoms with Crippen molar-refractivity contribution in [2.45, 2.75) is 86.2 Å². The Balaban J connectivity index is 2.42. The van der Waals surface area contributed by atoms with Gasteiger partial charge < -0.3 is 19.3 Å². The van der Waals surface area contributed by atoms with Crippen molar-refractivity contribution < 1.29 is 33.7 Å². The Morgan fingerprint density at radius 1 is 1.06 bits per heavy atom. The predicted octanol–water partition coefficient (Wildman–Crippen LogP) is 4.28. The Hall–Kier alpha value is -2.15. The van der Waals surface area contributed by atoms with Crippen LogP contribution in [-0.4, -0.2) is 48.9 Å². The summed E-state index contributed by atoms with van der Waals surface area (Å²) in [4.78, 5) is 34.6. The lowest BCUT2D eigenvalue weighted by Crippen LogP contribution is -2.45. The van der Waals surface area contributed by atoms with Gasteiger partial charge in [-0.05, 0) is 54.4 Å². The van der Waals surface area contributed by atoms with Crippen LogP contribution in [0.4, 0.5) is 0 Å². The first-order valence-corrected chi connectivity index (χ1v) is 11.9. The molecule has 0 aromatic heterocycles. The van der Waals surface area contributed by atoms with Gasteiger partial charge in [0, 0.05) is 26.3 Å². The molecule has 0 aliphatic heterocycles. The van der Waals surface area contributed by atoms with Crippen molar-refractivity contribution >= 4 is 17.9 Å². The molecular formula is C26H40O7. The molecule has 0 bridgehead atoms. The molecule has 0 aromatic rings. The van der Waals surface area contributed by atoms with E-state index in [0.29, 0.717) is 17.9 Å². The van der Waals surface area contributed by atoms with Crippen LogP contribution in [0.15, 0.2) is 22.8 Å². The molecule has 1 saturated carbocycles. The van der Waals surface area contributed by atoms with Gasteiger partial charge in [-0.25, -0.2) is 0 Å². The number of aliphatic hydroxyl groups is 1. The molecule has 186 valence electrons. The molecular weight excluding hydrogens is 424 g/mol. The monoisotopic (exact) mass is 464 g/mol. The average molecular weight is 465 g/mol. The van der Waals surface area contributed by atoms with Gasteiger partial charge in [-0.2, -0.15) is 0 Å². The number of carbonyl (C=O) groups is 3. The number of allylic oxidation sites excluding steroid dienone is 2. The number of ether oxygens (including phenoxy) is 3. The van der Waals surface area contributed by atoms with Gasteiger partial charge in [0.2, 0.25) is 0 Å². The van der Waals surface area contributed by atoms with Crippen molar-refractivity contribution in [2.75, 3.05) is 19.8 Å². The first kappa shape index (κ1) is 27.1. The number of esters is 3. The Labute approximate surface area is 197 Å². The van der Waals surface area contributed by atoms with Gasteiger partial charge in [-0.1, -0.05) is 38.8 Å². The third-order valence-corrected chi connectivity index (χ3v) is 7.44. The van der Waals surface area contributed by atoms with Crippen LogP contribution in [-0.2, 0) is 28.6 Å². The van der Waals surface area contributed by atoms with Crippen LogP contribution >= 0.6 is 0 Å². The van der Waals surface area contributed by atoms with Crippen LogP contribution in [0, 0.1) is 16.7 Å². The van der Waals surface area contributed by atoms with Crippen LogP contribution in [0.3, 0.4) is 0 Å². The van der Waals surface area contributed by atoms with Crippen molar-refractivity contribution in [3.8, 4) is 0 Å². The predicted molar refractivity (Wildman–Crippen MR) is 124 cm³/mol. The summed E-state index contributed by atoms with van der Waals surface area (Å²) in [6.07, 6.45) is 6.94. The first-order chi connectivity index (χ1) is 15.4. The van der Waals surface area contributed by atoms with Crippen LogP contribution in [0.25, 0.3) is 0 Å². The van der Waals surface area contributed by atoms with Gasteiger partial charge in [0.15, 0.2) is 6.10 Å². The second-order valence-electron chi connectivity index (χ2n) is 10.3. The molecule has 0 aromatic carbocycles. The summed E-state index contributed by atoms with van der Waals surface area (Å²) in [7, 11) is 0. The molecule has 2 aliphatic rings. The number of rotatable bonds is 9. The highest BCUT2D eigenvalue weighted by atomic mass is 16.6. The maximum atomic E-state index is 11.7. The molecule has 0 amide bonds. The summed E-state index contributed by atoms with van der Waals surface area (Å²) in [6, 6.07) is 0. The SMILES string of the molecule is CC(=O)OCC(=CCC1=C(CO)CCC2C(C)(C)CCCC12C)C(COC(C)=O)OC(C)=O. The summed E-state index contributed by atoms with van der Waals surface area (Å²) in [5.74, 6) is -0.949. The van der Waals surface area contributed by atoms with E-state index >= 15 is 0 Å². The molecule has 2 rings (SSSR count). The number of fused-ring (bicyclic) bond motifs is 1. The third-order valence-electron chi connectivity index (χ3n) is 7.44. The number of aliphatic hydroxyl groups excluding tert-OH is 1. The molecule has 2 aliphatic carbocycles. The van der Waals surface area contributed by atoms with Gasteiger partial charge in [0.25, 0.3) is 0 Å². The van der Waals surface area contributed by atoms with Crippen molar-refractivity contribution in [3.63, 3.8) is 0 Å². The van der Waals surface area contributed by atoms with E-state index in [1.54, 1.807) is 0 Å². The fourth-order valence-electron chi connectivity index (χ4n) is 5.93. The van der Waals surface area contributed by atoms with E-state index in [-0.39, 0.29) is 30.7 Å². The summed E-state index contributed by atoms with van der Waals surface area (Å²) in [6.45, 7) is 10.7. The normalized spacial score (nSPS) is 25.7. The standard InChI is InChI=1S/C26H40O7/c1-17(28)31-15-21(23(33-19(3)30)16-32-18(2)29)8-10-22-20(14-27)9-11-24-25(4,5)12-7-13-26(22,24)6/h8,23-24,27H,7,9-16H2,1-6H3. The maximum absolute atomic E-state index is 11.7. The molecule has 1 fully saturated rings. The van der Waals surface area contributed by atoms with E-state index < -0.39 is 24.0 Å². The van der Waals surface area contributed by atoms with Crippen LogP contribution in [0.5, 0.6) is 0 Å². The molecule has 33 heavy (non-hydrogen) atoms. The lowest BCUT2D eigenvalue weighted by Gasteiger charge is -2.55. The minimum Gasteiger partial charge on any atom is -0.462 e. The number of hydrogen-bond donors (Lipinski definition) is 1. The van der Waals surface area contributed by atoms with Gasteiger partial charge in [0.05, 0.1) is 6.61 Å². The minimum atomic E-state index is -0.848. The molecule has 3 atom stereocenters. The molecule has 0 radical (unpaired) electrons. The summed E-state index contributed by atoms with van der Waals surface area (Å²) in [5.41, 5.74) is 3.04. The Kier molecular flexibility index (Phi) is 9.29. The Morgan fingerprint density at radius 3 is 2.30 bits per heavy atom. The molecule has 1 N–H and O–H groups in total. The van der Waals surface area contributed by atoms with Crippen molar-refractivity contribution in [2.24, 2.45) is 16.7 Å². The number of carbonyl (C=O) groups excluding carboxylic acids is 3. The summed E-state index contributed by atoms with van der Waals surface area (Å²) >= 11 is 0. The van der Waals surface area contributed by atoms with E-state index in [2.05, 4.69) is 20.8 Å². The lowest BCUT2D eigenvalue weighted by molar-refractivity contribution is -0.154. The van der Waals surface area contributed by atoms with E-state index in [0.717, 1.165) is 31.3 Å². The zero-order chi connectivity index (χ0) is 24.8. The highest BCUT2D eigenvalue weighted by Crippen LogP contribution is 2.60. The van der Waals surface area contributed by atoms with Gasteiger partial charge in [-0.3, -0.25) is 14.4 Å². The minimum absolute atomic E-state index is 0.0199. The summed E-state index contributed by atoms with van der Waals surface area (Å²) < 4.78 is 15.7. The second kappa shape index (κ2) is 11.3. The second-order valence-corrected chi connectivity index (χ2v) is 10.3. The zero-order valence-electron chi connectivity index (χ0n) is 21.0. The topological polar surface area (TPSA) is 99.1 Å². The Morgan fingerprint density at radius 2 is 1.73 bits per heavy atom. The quantitative estimate of drug-likeness (QED) is 0.309. The van der Waals surface area contributed by atoms with E-state index in [1.165, 1.54) is 32.8 Å². The first-order valence-electron chi connectivity index (χ1n) is 11.9. The van der Waals surface area contributed by atoms with E-state index in [1.807, 2.05) is 6.08 Å². The van der Waals surface area contributed by atoms with E-state index in [4.69, 9.17) is 14.2 Å². The number of hydrogen-bond acceptors (Lipinski definition) is 7. The van der Waals surface area contributed by atoms with Gasteiger partial charge in [0.1, 0.15) is 13.2 Å². The van der Waals surface area contributed by atoms with Gasteiger partial charge >= 0.3 is 17.9 Å². The largest absolute Gasteiger partial charge is 0.462 e. The smallest absolute Gasteiger partial charge is 0.303 e. The van der Waals surface area contributed by atoms with Crippen molar-refractivity contribution in [3.05, 3.63) is 22.8 Å². The highest BCUT2D eigenvalue weighted by molar-refractivity contribution is 5.68. The van der Waals surface area contributed by atoms with Crippen molar-refractivity contribution in [1.82, 2.24) is 0 Å². The average Bonchev–Trinajstić information content (AvgIpc) is 2.70. The lowest BCUT2D eigenvalue weighted by atomic mass is 9.50. The zero-order valence-corrected chi connectivity index (χ0v) is 21.0. The fourth-order valence-corrected chi connectivity index (χ4v) is 5.93.